The summed E-state index contributed by atoms with van der Waals surface area (Å²) < 4.78 is 34.5. The van der Waals surface area contributed by atoms with Crippen LogP contribution in [0.1, 0.15) is 155 Å². The molecule has 0 bridgehead atoms. The minimum Gasteiger partial charge on any atom is -0.756 e. The minimum absolute atomic E-state index is 0.0183. The molecule has 0 N–H and O–H groups in total. The highest BCUT2D eigenvalue weighted by Gasteiger charge is 2.20. The number of likely N-dealkylation sites (N-methyl/N-ethyl adjacent to an activating group) is 1. The number of allylic oxidation sites excluding steroid dienone is 8. The van der Waals surface area contributed by atoms with Crippen molar-refractivity contribution in [2.24, 2.45) is 0 Å². The SMILES string of the molecule is CC/C=C\C/C=C\C/C=C\CCCCCCOCC(COP(=O)([O-])OCC[N+](C)(C)C)OC(=O)CCCCCCC/C=C\CCCCCCCC. The van der Waals surface area contributed by atoms with E-state index in [0.29, 0.717) is 24.1 Å². The number of carbonyl (C=O) groups excluding carboxylic acids is 1. The van der Waals surface area contributed by atoms with Crippen LogP contribution in [0.2, 0.25) is 0 Å². The van der Waals surface area contributed by atoms with E-state index in [4.69, 9.17) is 18.5 Å². The lowest BCUT2D eigenvalue weighted by Crippen LogP contribution is -2.37. The monoisotopic (exact) mass is 740 g/mol. The Kier molecular flexibility index (Phi) is 34.4. The Labute approximate surface area is 314 Å². The third-order valence-corrected chi connectivity index (χ3v) is 9.33. The molecule has 8 nitrogen and oxygen atoms in total. The summed E-state index contributed by atoms with van der Waals surface area (Å²) in [6, 6.07) is 0. The Hall–Kier alpha value is -1.54. The molecule has 0 saturated carbocycles. The molecule has 0 spiro atoms. The zero-order valence-corrected chi connectivity index (χ0v) is 34.4. The fourth-order valence-electron chi connectivity index (χ4n) is 5.20. The molecule has 2 unspecified atom stereocenters. The highest BCUT2D eigenvalue weighted by molar-refractivity contribution is 7.45. The van der Waals surface area contributed by atoms with Gasteiger partial charge < -0.3 is 27.9 Å². The van der Waals surface area contributed by atoms with Crippen LogP contribution in [0.3, 0.4) is 0 Å². The number of phosphoric ester groups is 1. The Bertz CT molecular complexity index is 957. The smallest absolute Gasteiger partial charge is 0.306 e. The van der Waals surface area contributed by atoms with Gasteiger partial charge in [-0.3, -0.25) is 9.36 Å². The largest absolute Gasteiger partial charge is 0.756 e. The number of hydrogen-bond acceptors (Lipinski definition) is 7. The first-order valence-corrected chi connectivity index (χ1v) is 21.8. The number of quaternary nitrogens is 1. The quantitative estimate of drug-likeness (QED) is 0.0206. The van der Waals surface area contributed by atoms with E-state index in [1.54, 1.807) is 0 Å². The highest BCUT2D eigenvalue weighted by atomic mass is 31.2. The molecule has 0 aromatic heterocycles. The zero-order valence-electron chi connectivity index (χ0n) is 33.5. The fraction of sp³-hybridized carbons (Fsp3) is 0.786. The van der Waals surface area contributed by atoms with Gasteiger partial charge in [0.05, 0.1) is 34.4 Å². The van der Waals surface area contributed by atoms with E-state index in [-0.39, 0.29) is 25.8 Å². The first-order chi connectivity index (χ1) is 24.6. The predicted octanol–water partition coefficient (Wildman–Crippen LogP) is 11.0. The van der Waals surface area contributed by atoms with Crippen molar-refractivity contribution < 1.29 is 37.3 Å². The van der Waals surface area contributed by atoms with Crippen LogP contribution in [0, 0.1) is 0 Å². The normalized spacial score (nSPS) is 14.4. The van der Waals surface area contributed by atoms with E-state index in [1.165, 1.54) is 51.4 Å². The lowest BCUT2D eigenvalue weighted by atomic mass is 10.1. The summed E-state index contributed by atoms with van der Waals surface area (Å²) in [6.45, 7) is 5.21. The fourth-order valence-corrected chi connectivity index (χ4v) is 5.93. The van der Waals surface area contributed by atoms with Gasteiger partial charge in [0.2, 0.25) is 0 Å². The lowest BCUT2D eigenvalue weighted by molar-refractivity contribution is -0.870. The van der Waals surface area contributed by atoms with Crippen molar-refractivity contribution >= 4 is 13.8 Å². The van der Waals surface area contributed by atoms with Crippen LogP contribution in [0.15, 0.2) is 48.6 Å². The minimum atomic E-state index is -4.53. The topological polar surface area (TPSA) is 94.1 Å². The molecule has 0 aromatic rings. The summed E-state index contributed by atoms with van der Waals surface area (Å²) in [7, 11) is 1.33. The molecule has 0 aliphatic carbocycles. The predicted molar refractivity (Wildman–Crippen MR) is 213 cm³/mol. The van der Waals surface area contributed by atoms with E-state index in [9.17, 15) is 14.3 Å². The van der Waals surface area contributed by atoms with Crippen molar-refractivity contribution in [2.75, 3.05) is 54.1 Å². The molecule has 9 heteroatoms. The summed E-state index contributed by atoms with van der Waals surface area (Å²) in [5.74, 6) is -0.353. The number of ether oxygens (including phenoxy) is 2. The van der Waals surface area contributed by atoms with E-state index in [0.717, 1.165) is 83.5 Å². The van der Waals surface area contributed by atoms with E-state index in [2.05, 4.69) is 62.5 Å². The average molecular weight is 740 g/mol. The van der Waals surface area contributed by atoms with Gasteiger partial charge in [0.25, 0.3) is 7.82 Å². The highest BCUT2D eigenvalue weighted by Crippen LogP contribution is 2.38. The van der Waals surface area contributed by atoms with Gasteiger partial charge in [-0.2, -0.15) is 0 Å². The lowest BCUT2D eigenvalue weighted by Gasteiger charge is -2.28. The van der Waals surface area contributed by atoms with E-state index >= 15 is 0 Å². The summed E-state index contributed by atoms with van der Waals surface area (Å²) >= 11 is 0. The molecule has 0 fully saturated rings. The van der Waals surface area contributed by atoms with Gasteiger partial charge >= 0.3 is 5.97 Å². The van der Waals surface area contributed by atoms with Crippen LogP contribution < -0.4 is 4.89 Å². The van der Waals surface area contributed by atoms with Gasteiger partial charge in [0.15, 0.2) is 0 Å². The van der Waals surface area contributed by atoms with Crippen molar-refractivity contribution in [2.45, 2.75) is 161 Å². The number of unbranched alkanes of at least 4 members (excludes halogenated alkanes) is 15. The Morgan fingerprint density at radius 1 is 0.627 bits per heavy atom. The molecule has 0 heterocycles. The van der Waals surface area contributed by atoms with Crippen LogP contribution in [-0.2, 0) is 27.9 Å². The second kappa shape index (κ2) is 35.5. The molecule has 0 rings (SSSR count). The van der Waals surface area contributed by atoms with Gasteiger partial charge in [0.1, 0.15) is 19.3 Å². The Morgan fingerprint density at radius 3 is 1.73 bits per heavy atom. The number of rotatable bonds is 37. The third kappa shape index (κ3) is 39.5. The summed E-state index contributed by atoms with van der Waals surface area (Å²) in [4.78, 5) is 25.0. The number of hydrogen-bond donors (Lipinski definition) is 0. The molecular weight excluding hydrogens is 661 g/mol. The van der Waals surface area contributed by atoms with Gasteiger partial charge in [0, 0.05) is 13.0 Å². The van der Waals surface area contributed by atoms with Crippen LogP contribution >= 0.6 is 7.82 Å². The molecule has 0 aliphatic heterocycles. The molecule has 0 aliphatic rings. The van der Waals surface area contributed by atoms with E-state index < -0.39 is 13.9 Å². The molecule has 51 heavy (non-hydrogen) atoms. The molecule has 0 saturated heterocycles. The maximum Gasteiger partial charge on any atom is 0.306 e. The molecule has 2 atom stereocenters. The first-order valence-electron chi connectivity index (χ1n) is 20.4. The molecular formula is C42H78NO7P. The van der Waals surface area contributed by atoms with E-state index in [1.807, 2.05) is 21.1 Å². The summed E-state index contributed by atoms with van der Waals surface area (Å²) in [6.07, 6.45) is 41.2. The third-order valence-electron chi connectivity index (χ3n) is 8.36. The van der Waals surface area contributed by atoms with Crippen LogP contribution in [0.25, 0.3) is 0 Å². The number of carbonyl (C=O) groups is 1. The Morgan fingerprint density at radius 2 is 1.14 bits per heavy atom. The first kappa shape index (κ1) is 49.5. The van der Waals surface area contributed by atoms with Gasteiger partial charge in [-0.25, -0.2) is 0 Å². The summed E-state index contributed by atoms with van der Waals surface area (Å²) in [5, 5.41) is 0. The number of nitrogens with zero attached hydrogens (tertiary/aromatic N) is 1. The standard InChI is InChI=1S/C42H78NO7P/c1-6-8-10-12-14-16-18-20-22-23-25-27-29-31-33-35-42(44)50-41(40-49-51(45,46)48-38-36-43(3,4)5)39-47-37-34-32-30-28-26-24-21-19-17-15-13-11-9-7-2/h9,11,15,17,20-22,24,41H,6-8,10,12-14,16,18-19,23,25-40H2,1-5H3/b11-9-,17-15-,22-20-,24-21-. The molecule has 0 radical (unpaired) electrons. The Balaban J connectivity index is 4.33. The average Bonchev–Trinajstić information content (AvgIpc) is 3.08. The molecule has 0 aromatic carbocycles. The van der Waals surface area contributed by atoms with Crippen molar-refractivity contribution in [1.82, 2.24) is 0 Å². The van der Waals surface area contributed by atoms with Crippen molar-refractivity contribution in [3.05, 3.63) is 48.6 Å². The zero-order chi connectivity index (χ0) is 37.7. The van der Waals surface area contributed by atoms with Crippen LogP contribution in [-0.4, -0.2) is 70.7 Å². The maximum atomic E-state index is 12.6. The second-order valence-electron chi connectivity index (χ2n) is 14.6. The van der Waals surface area contributed by atoms with Crippen LogP contribution in [0.5, 0.6) is 0 Å². The van der Waals surface area contributed by atoms with Crippen LogP contribution in [0.4, 0.5) is 0 Å². The van der Waals surface area contributed by atoms with Gasteiger partial charge in [-0.05, 0) is 70.6 Å². The van der Waals surface area contributed by atoms with Gasteiger partial charge in [-0.1, -0.05) is 127 Å². The number of esters is 1. The summed E-state index contributed by atoms with van der Waals surface area (Å²) in [5.41, 5.74) is 0. The molecule has 298 valence electrons. The number of phosphoric acid groups is 1. The van der Waals surface area contributed by atoms with Crippen molar-refractivity contribution in [3.8, 4) is 0 Å². The van der Waals surface area contributed by atoms with Crippen molar-refractivity contribution in [3.63, 3.8) is 0 Å². The van der Waals surface area contributed by atoms with Gasteiger partial charge in [-0.15, -0.1) is 0 Å². The maximum absolute atomic E-state index is 12.6. The second-order valence-corrected chi connectivity index (χ2v) is 16.0. The molecule has 0 amide bonds. The van der Waals surface area contributed by atoms with Crippen molar-refractivity contribution in [1.29, 1.82) is 0 Å².